The lowest BCUT2D eigenvalue weighted by Crippen LogP contribution is -2.19. The average molecular weight is 254 g/mol. The van der Waals surface area contributed by atoms with E-state index >= 15 is 0 Å². The summed E-state index contributed by atoms with van der Waals surface area (Å²) >= 11 is 0. The minimum atomic E-state index is -0.538. The summed E-state index contributed by atoms with van der Waals surface area (Å²) in [7, 11) is 1.34. The van der Waals surface area contributed by atoms with Crippen LogP contribution in [0.5, 0.6) is 5.88 Å². The third kappa shape index (κ3) is 3.54. The maximum atomic E-state index is 11.0. The fourth-order valence-electron chi connectivity index (χ4n) is 1.78. The molecule has 1 aromatic heterocycles. The topological polar surface area (TPSA) is 90.2 Å². The van der Waals surface area contributed by atoms with Crippen molar-refractivity contribution in [2.24, 2.45) is 5.92 Å². The van der Waals surface area contributed by atoms with Crippen LogP contribution in [0, 0.1) is 16.0 Å². The predicted octanol–water partition coefficient (Wildman–Crippen LogP) is 2.24. The van der Waals surface area contributed by atoms with E-state index in [4.69, 9.17) is 4.74 Å². The second-order valence-electron chi connectivity index (χ2n) is 4.51. The van der Waals surface area contributed by atoms with Crippen molar-refractivity contribution in [1.82, 2.24) is 9.97 Å². The standard InChI is InChI=1S/C11H18N4O3/c1-7(2)5-8(3)14-10-9(15(16)17)11(18-4)13-6-12-10/h6-8H,5H2,1-4H3,(H,12,13,14). The van der Waals surface area contributed by atoms with Crippen molar-refractivity contribution in [2.75, 3.05) is 12.4 Å². The van der Waals surface area contributed by atoms with Gasteiger partial charge < -0.3 is 10.1 Å². The molecule has 0 saturated heterocycles. The van der Waals surface area contributed by atoms with Gasteiger partial charge in [0.15, 0.2) is 0 Å². The lowest BCUT2D eigenvalue weighted by Gasteiger charge is -2.16. The number of methoxy groups -OCH3 is 1. The van der Waals surface area contributed by atoms with Gasteiger partial charge in [-0.15, -0.1) is 0 Å². The first-order chi connectivity index (χ1) is 8.45. The molecule has 1 heterocycles. The minimum Gasteiger partial charge on any atom is -0.476 e. The van der Waals surface area contributed by atoms with Gasteiger partial charge in [-0.3, -0.25) is 10.1 Å². The van der Waals surface area contributed by atoms with Gasteiger partial charge in [-0.25, -0.2) is 4.98 Å². The van der Waals surface area contributed by atoms with Crippen LogP contribution in [0.1, 0.15) is 27.2 Å². The Morgan fingerprint density at radius 1 is 1.44 bits per heavy atom. The molecule has 18 heavy (non-hydrogen) atoms. The monoisotopic (exact) mass is 254 g/mol. The quantitative estimate of drug-likeness (QED) is 0.618. The Morgan fingerprint density at radius 2 is 2.11 bits per heavy atom. The largest absolute Gasteiger partial charge is 0.476 e. The van der Waals surface area contributed by atoms with E-state index in [1.807, 2.05) is 6.92 Å². The number of nitrogens with one attached hydrogen (secondary N) is 1. The molecule has 1 rings (SSSR count). The Labute approximate surface area is 106 Å². The molecule has 0 aliphatic carbocycles. The fraction of sp³-hybridized carbons (Fsp3) is 0.636. The van der Waals surface area contributed by atoms with Crippen molar-refractivity contribution in [3.05, 3.63) is 16.4 Å². The van der Waals surface area contributed by atoms with Crippen LogP contribution in [-0.2, 0) is 0 Å². The Hall–Kier alpha value is -1.92. The van der Waals surface area contributed by atoms with Crippen LogP contribution in [0.15, 0.2) is 6.33 Å². The molecule has 1 unspecified atom stereocenters. The van der Waals surface area contributed by atoms with Crippen LogP contribution < -0.4 is 10.1 Å². The Kier molecular flexibility index (Phi) is 4.82. The SMILES string of the molecule is COc1ncnc(NC(C)CC(C)C)c1[N+](=O)[O-]. The van der Waals surface area contributed by atoms with E-state index in [9.17, 15) is 10.1 Å². The van der Waals surface area contributed by atoms with Crippen molar-refractivity contribution < 1.29 is 9.66 Å². The number of nitro groups is 1. The third-order valence-corrected chi connectivity index (χ3v) is 2.37. The smallest absolute Gasteiger partial charge is 0.372 e. The maximum absolute atomic E-state index is 11.0. The number of aromatic nitrogens is 2. The van der Waals surface area contributed by atoms with Gasteiger partial charge in [-0.1, -0.05) is 13.8 Å². The van der Waals surface area contributed by atoms with Gasteiger partial charge in [0.2, 0.25) is 5.82 Å². The zero-order chi connectivity index (χ0) is 13.7. The minimum absolute atomic E-state index is 0.0331. The first-order valence-electron chi connectivity index (χ1n) is 5.75. The van der Waals surface area contributed by atoms with Crippen LogP contribution in [0.25, 0.3) is 0 Å². The number of ether oxygens (including phenoxy) is 1. The fourth-order valence-corrected chi connectivity index (χ4v) is 1.78. The summed E-state index contributed by atoms with van der Waals surface area (Å²) in [6, 6.07) is 0.0864. The van der Waals surface area contributed by atoms with Crippen LogP contribution >= 0.6 is 0 Å². The van der Waals surface area contributed by atoms with Gasteiger partial charge in [-0.2, -0.15) is 4.98 Å². The molecule has 7 heteroatoms. The van der Waals surface area contributed by atoms with Crippen molar-refractivity contribution in [3.63, 3.8) is 0 Å². The third-order valence-electron chi connectivity index (χ3n) is 2.37. The molecular formula is C11H18N4O3. The van der Waals surface area contributed by atoms with E-state index in [0.717, 1.165) is 6.42 Å². The van der Waals surface area contributed by atoms with Gasteiger partial charge >= 0.3 is 5.69 Å². The first kappa shape index (κ1) is 14.1. The molecule has 0 saturated carbocycles. The zero-order valence-electron chi connectivity index (χ0n) is 11.0. The molecule has 100 valence electrons. The van der Waals surface area contributed by atoms with Gasteiger partial charge in [0.05, 0.1) is 12.0 Å². The van der Waals surface area contributed by atoms with E-state index in [0.29, 0.717) is 5.92 Å². The molecule has 0 aliphatic rings. The molecule has 0 bridgehead atoms. The highest BCUT2D eigenvalue weighted by molar-refractivity contribution is 5.61. The summed E-state index contributed by atoms with van der Waals surface area (Å²) in [5, 5.41) is 14.0. The van der Waals surface area contributed by atoms with Gasteiger partial charge in [0.1, 0.15) is 6.33 Å². The van der Waals surface area contributed by atoms with Crippen molar-refractivity contribution in [2.45, 2.75) is 33.2 Å². The van der Waals surface area contributed by atoms with E-state index < -0.39 is 4.92 Å². The van der Waals surface area contributed by atoms with Crippen molar-refractivity contribution in [3.8, 4) is 5.88 Å². The van der Waals surface area contributed by atoms with Crippen molar-refractivity contribution in [1.29, 1.82) is 0 Å². The summed E-state index contributed by atoms with van der Waals surface area (Å²) in [5.41, 5.74) is -0.226. The molecule has 7 nitrogen and oxygen atoms in total. The highest BCUT2D eigenvalue weighted by Crippen LogP contribution is 2.31. The Balaban J connectivity index is 2.98. The molecule has 0 aromatic carbocycles. The summed E-state index contributed by atoms with van der Waals surface area (Å²) in [4.78, 5) is 18.1. The van der Waals surface area contributed by atoms with Crippen molar-refractivity contribution >= 4 is 11.5 Å². The average Bonchev–Trinajstić information content (AvgIpc) is 2.26. The molecule has 1 atom stereocenters. The van der Waals surface area contributed by atoms with Gasteiger partial charge in [0.25, 0.3) is 5.88 Å². The number of nitrogens with zero attached hydrogens (tertiary/aromatic N) is 3. The van der Waals surface area contributed by atoms with Gasteiger partial charge in [0, 0.05) is 6.04 Å². The zero-order valence-corrected chi connectivity index (χ0v) is 11.0. The summed E-state index contributed by atoms with van der Waals surface area (Å²) in [5.74, 6) is 0.657. The highest BCUT2D eigenvalue weighted by Gasteiger charge is 2.24. The Bertz CT molecular complexity index is 423. The number of hydrogen-bond acceptors (Lipinski definition) is 6. The molecule has 1 aromatic rings. The van der Waals surface area contributed by atoms with E-state index in [1.54, 1.807) is 0 Å². The lowest BCUT2D eigenvalue weighted by atomic mass is 10.1. The Morgan fingerprint density at radius 3 is 2.61 bits per heavy atom. The first-order valence-corrected chi connectivity index (χ1v) is 5.75. The number of hydrogen-bond donors (Lipinski definition) is 1. The summed E-state index contributed by atoms with van der Waals surface area (Å²) in [6.07, 6.45) is 2.14. The lowest BCUT2D eigenvalue weighted by molar-refractivity contribution is -0.385. The molecule has 0 aliphatic heterocycles. The summed E-state index contributed by atoms with van der Waals surface area (Å²) < 4.78 is 4.88. The van der Waals surface area contributed by atoms with Crippen LogP contribution in [0.2, 0.25) is 0 Å². The second kappa shape index (κ2) is 6.13. The van der Waals surface area contributed by atoms with E-state index in [-0.39, 0.29) is 23.4 Å². The van der Waals surface area contributed by atoms with Crippen LogP contribution in [0.3, 0.4) is 0 Å². The maximum Gasteiger partial charge on any atom is 0.372 e. The normalized spacial score (nSPS) is 12.3. The second-order valence-corrected chi connectivity index (χ2v) is 4.51. The molecular weight excluding hydrogens is 236 g/mol. The van der Waals surface area contributed by atoms with Crippen LogP contribution in [0.4, 0.5) is 11.5 Å². The highest BCUT2D eigenvalue weighted by atomic mass is 16.6. The molecule has 0 fully saturated rings. The number of anilines is 1. The predicted molar refractivity (Wildman–Crippen MR) is 67.8 cm³/mol. The van der Waals surface area contributed by atoms with Crippen LogP contribution in [-0.4, -0.2) is 28.0 Å². The number of rotatable bonds is 6. The molecule has 0 radical (unpaired) electrons. The molecule has 1 N–H and O–H groups in total. The molecule has 0 amide bonds. The molecule has 0 spiro atoms. The van der Waals surface area contributed by atoms with E-state index in [2.05, 4.69) is 29.1 Å². The van der Waals surface area contributed by atoms with E-state index in [1.165, 1.54) is 13.4 Å². The summed E-state index contributed by atoms with van der Waals surface area (Å²) in [6.45, 7) is 6.14. The van der Waals surface area contributed by atoms with Gasteiger partial charge in [-0.05, 0) is 19.3 Å².